The molecule has 56 heavy (non-hydrogen) atoms. The Kier molecular flexibility index (Phi) is 10.2. The van der Waals surface area contributed by atoms with Crippen molar-refractivity contribution in [1.82, 2.24) is 24.8 Å². The van der Waals surface area contributed by atoms with Crippen LogP contribution in [0.4, 0.5) is 23.4 Å². The average molecular weight is 779 g/mol. The predicted octanol–water partition coefficient (Wildman–Crippen LogP) is 6.67. The number of hydrogen-bond donors (Lipinski definition) is 1. The largest absolute Gasteiger partial charge is 0.481 e. The molecule has 298 valence electrons. The molecule has 0 atom stereocenters. The number of carbonyl (C=O) groups is 1. The third kappa shape index (κ3) is 7.54. The van der Waals surface area contributed by atoms with E-state index in [9.17, 15) is 27.2 Å². The van der Waals surface area contributed by atoms with Gasteiger partial charge in [-0.25, -0.2) is 4.39 Å². The zero-order valence-corrected chi connectivity index (χ0v) is 31.6. The van der Waals surface area contributed by atoms with Gasteiger partial charge in [-0.3, -0.25) is 9.59 Å². The Morgan fingerprint density at radius 2 is 1.77 bits per heavy atom. The van der Waals surface area contributed by atoms with E-state index in [1.807, 2.05) is 25.1 Å². The number of likely N-dealkylation sites (tertiary alicyclic amines) is 2. The number of amides is 1. The van der Waals surface area contributed by atoms with E-state index < -0.39 is 24.5 Å². The molecule has 8 rings (SSSR count). The first kappa shape index (κ1) is 38.1. The Morgan fingerprint density at radius 3 is 2.43 bits per heavy atom. The highest BCUT2D eigenvalue weighted by Crippen LogP contribution is 2.53. The van der Waals surface area contributed by atoms with Crippen LogP contribution in [0.3, 0.4) is 0 Å². The van der Waals surface area contributed by atoms with Crippen LogP contribution >= 0.6 is 0 Å². The van der Waals surface area contributed by atoms with Crippen molar-refractivity contribution in [2.45, 2.75) is 63.6 Å². The topological polar surface area (TPSA) is 113 Å². The third-order valence-electron chi connectivity index (χ3n) is 11.8. The van der Waals surface area contributed by atoms with Crippen molar-refractivity contribution in [1.29, 1.82) is 0 Å². The van der Waals surface area contributed by atoms with Gasteiger partial charge in [0.05, 0.1) is 12.0 Å². The number of nitrogens with one attached hydrogen (secondary N) is 1. The first-order valence-electron chi connectivity index (χ1n) is 19.3. The van der Waals surface area contributed by atoms with Crippen LogP contribution in [0.1, 0.15) is 55.6 Å². The fraction of sp³-hybridized carbons (Fsp3) is 0.512. The third-order valence-corrected chi connectivity index (χ3v) is 11.8. The van der Waals surface area contributed by atoms with Crippen molar-refractivity contribution in [3.8, 4) is 22.9 Å². The minimum absolute atomic E-state index is 0.0283. The van der Waals surface area contributed by atoms with Crippen LogP contribution in [0.5, 0.6) is 11.8 Å². The van der Waals surface area contributed by atoms with E-state index in [0.29, 0.717) is 97.1 Å². The highest BCUT2D eigenvalue weighted by atomic mass is 19.4. The van der Waals surface area contributed by atoms with Gasteiger partial charge in [0.25, 0.3) is 11.5 Å². The molecule has 3 aliphatic heterocycles. The molecule has 5 heterocycles. The lowest BCUT2D eigenvalue weighted by atomic mass is 9.72. The van der Waals surface area contributed by atoms with Gasteiger partial charge in [-0.2, -0.15) is 23.1 Å². The number of benzene rings is 2. The molecule has 15 heteroatoms. The first-order chi connectivity index (χ1) is 26.8. The molecule has 1 saturated carbocycles. The fourth-order valence-electron chi connectivity index (χ4n) is 8.70. The Balaban J connectivity index is 1.26. The van der Waals surface area contributed by atoms with Gasteiger partial charge in [-0.05, 0) is 80.0 Å². The number of alkyl halides is 3. The Bertz CT molecular complexity index is 2220. The normalized spacial score (nSPS) is 19.1. The van der Waals surface area contributed by atoms with Crippen LogP contribution in [0.2, 0.25) is 0 Å². The first-order valence-corrected chi connectivity index (χ1v) is 19.3. The van der Waals surface area contributed by atoms with E-state index >= 15 is 0 Å². The summed E-state index contributed by atoms with van der Waals surface area (Å²) in [6.45, 7) is 8.35. The second kappa shape index (κ2) is 15.0. The molecule has 0 radical (unpaired) electrons. The van der Waals surface area contributed by atoms with Gasteiger partial charge in [0.15, 0.2) is 18.2 Å². The van der Waals surface area contributed by atoms with Crippen LogP contribution in [-0.4, -0.2) is 109 Å². The lowest BCUT2D eigenvalue weighted by molar-refractivity contribution is -0.153. The summed E-state index contributed by atoms with van der Waals surface area (Å²) in [6, 6.07) is 7.49. The van der Waals surface area contributed by atoms with E-state index in [-0.39, 0.29) is 40.3 Å². The number of hydrogen-bond acceptors (Lipinski definition) is 9. The van der Waals surface area contributed by atoms with E-state index in [1.165, 1.54) is 4.90 Å². The number of halogens is 4. The minimum atomic E-state index is -4.66. The number of H-pyrrole nitrogens is 1. The summed E-state index contributed by atoms with van der Waals surface area (Å²) in [5.74, 6) is -1.17. The van der Waals surface area contributed by atoms with Crippen LogP contribution < -0.4 is 19.9 Å². The highest BCUT2D eigenvalue weighted by molar-refractivity contribution is 6.06. The molecule has 11 nitrogen and oxygen atoms in total. The van der Waals surface area contributed by atoms with Crippen molar-refractivity contribution in [3.63, 3.8) is 0 Å². The smallest absolute Gasteiger partial charge is 0.422 e. The fourth-order valence-corrected chi connectivity index (χ4v) is 8.70. The van der Waals surface area contributed by atoms with Gasteiger partial charge < -0.3 is 33.9 Å². The molecule has 1 N–H and O–H groups in total. The van der Waals surface area contributed by atoms with Gasteiger partial charge in [-0.1, -0.05) is 18.7 Å². The van der Waals surface area contributed by atoms with Crippen molar-refractivity contribution < 1.29 is 36.6 Å². The lowest BCUT2D eigenvalue weighted by Gasteiger charge is -2.54. The Labute approximate surface area is 321 Å². The van der Waals surface area contributed by atoms with E-state index in [1.54, 1.807) is 19.4 Å². The molecule has 4 fully saturated rings. The lowest BCUT2D eigenvalue weighted by Crippen LogP contribution is -2.62. The molecule has 2 aromatic carbocycles. The van der Waals surface area contributed by atoms with Gasteiger partial charge in [-0.15, -0.1) is 0 Å². The summed E-state index contributed by atoms with van der Waals surface area (Å²) >= 11 is 0. The number of anilines is 1. The summed E-state index contributed by atoms with van der Waals surface area (Å²) in [4.78, 5) is 44.3. The molecular weight excluding hydrogens is 732 g/mol. The van der Waals surface area contributed by atoms with Crippen LogP contribution in [-0.2, 0) is 9.53 Å². The van der Waals surface area contributed by atoms with Gasteiger partial charge in [0, 0.05) is 81.0 Å². The molecular formula is C41H46F4N6O5. The van der Waals surface area contributed by atoms with Crippen LogP contribution in [0.25, 0.3) is 32.8 Å². The molecule has 0 unspecified atom stereocenters. The number of nitrogens with zero attached hydrogens (tertiary/aromatic N) is 5. The van der Waals surface area contributed by atoms with Gasteiger partial charge >= 0.3 is 12.2 Å². The molecule has 2 aromatic heterocycles. The van der Waals surface area contributed by atoms with E-state index in [0.717, 1.165) is 38.0 Å². The summed E-state index contributed by atoms with van der Waals surface area (Å²) in [5.41, 5.74) is 2.08. The Morgan fingerprint density at radius 1 is 1.04 bits per heavy atom. The maximum absolute atomic E-state index is 14.1. The number of aromatic nitrogens is 3. The molecule has 1 amide bonds. The number of aromatic amines is 1. The van der Waals surface area contributed by atoms with Gasteiger partial charge in [0.2, 0.25) is 0 Å². The van der Waals surface area contributed by atoms with Crippen LogP contribution in [0.15, 0.2) is 47.7 Å². The zero-order chi connectivity index (χ0) is 39.4. The summed E-state index contributed by atoms with van der Waals surface area (Å²) < 4.78 is 73.7. The van der Waals surface area contributed by atoms with E-state index in [2.05, 4.69) is 21.4 Å². The Hall–Kier alpha value is -4.76. The number of piperidine rings is 2. The number of aryl methyl sites for hydroxylation is 1. The number of rotatable bonds is 11. The molecule has 3 saturated heterocycles. The zero-order valence-electron chi connectivity index (χ0n) is 31.6. The second-order valence-electron chi connectivity index (χ2n) is 15.8. The van der Waals surface area contributed by atoms with Crippen molar-refractivity contribution in [3.05, 3.63) is 64.3 Å². The standard InChI is InChI=1S/C41H46F4N6O5/c1-24-4-5-27-8-13-46-37(52)32(27)31(24)33-29(26-6-7-26)20-30-34(35(33)55-23-41(43,44)45)47-39(56-28-9-14-49(15-10-28)18-19-54-3)48-36(30)50-16-11-40(12-17-50)21-51(22-40)38(53)25(2)42/h4-5,8,13,20,26,28H,2,6-7,9-12,14-19,21-23H2,1,3H3,(H,46,52). The summed E-state index contributed by atoms with van der Waals surface area (Å²) in [7, 11) is 1.67. The number of carbonyl (C=O) groups excluding carboxylic acids is 1. The molecule has 4 aromatic rings. The summed E-state index contributed by atoms with van der Waals surface area (Å²) in [6.07, 6.45) is 1.11. The number of pyridine rings is 1. The maximum Gasteiger partial charge on any atom is 0.422 e. The number of ether oxygens (including phenoxy) is 3. The average Bonchev–Trinajstić information content (AvgIpc) is 4.01. The van der Waals surface area contributed by atoms with Crippen LogP contribution in [0, 0.1) is 12.3 Å². The summed E-state index contributed by atoms with van der Waals surface area (Å²) in [5, 5.41) is 1.55. The minimum Gasteiger partial charge on any atom is -0.481 e. The molecule has 4 aliphatic rings. The predicted molar refractivity (Wildman–Crippen MR) is 204 cm³/mol. The van der Waals surface area contributed by atoms with Crippen molar-refractivity contribution in [2.24, 2.45) is 5.41 Å². The quantitative estimate of drug-likeness (QED) is 0.132. The number of fused-ring (bicyclic) bond motifs is 2. The maximum atomic E-state index is 14.1. The van der Waals surface area contributed by atoms with Crippen molar-refractivity contribution in [2.75, 3.05) is 71.0 Å². The monoisotopic (exact) mass is 778 g/mol. The van der Waals surface area contributed by atoms with Crippen molar-refractivity contribution >= 4 is 33.4 Å². The van der Waals surface area contributed by atoms with E-state index in [4.69, 9.17) is 24.2 Å². The molecule has 1 aliphatic carbocycles. The molecule has 0 bridgehead atoms. The number of methoxy groups -OCH3 is 1. The highest BCUT2D eigenvalue weighted by Gasteiger charge is 2.47. The second-order valence-corrected chi connectivity index (χ2v) is 15.8. The molecule has 1 spiro atoms. The SMILES string of the molecule is C=C(F)C(=O)N1CC2(CCN(c3nc(OC4CCN(CCOC)CC4)nc4c(OCC(F)(F)F)c(-c5c(C)ccc6cc[nH]c(=O)c56)c(C5CC5)cc34)CC2)C1. The van der Waals surface area contributed by atoms with Gasteiger partial charge in [0.1, 0.15) is 17.4 Å².